The van der Waals surface area contributed by atoms with E-state index in [-0.39, 0.29) is 18.9 Å². The smallest absolute Gasteiger partial charge is 0.325 e. The topological polar surface area (TPSA) is 69.7 Å². The van der Waals surface area contributed by atoms with Gasteiger partial charge in [-0.3, -0.25) is 14.5 Å². The molecule has 1 atom stereocenters. The lowest BCUT2D eigenvalue weighted by Crippen LogP contribution is -2.47. The van der Waals surface area contributed by atoms with E-state index in [4.69, 9.17) is 11.6 Å². The molecule has 0 unspecified atom stereocenters. The molecule has 164 valence electrons. The molecule has 1 aromatic heterocycles. The number of carbonyl (C=O) groups excluding carboxylic acids is 3. The van der Waals surface area contributed by atoms with Crippen LogP contribution in [0.25, 0.3) is 0 Å². The predicted octanol–water partition coefficient (Wildman–Crippen LogP) is 4.05. The molecule has 1 aliphatic heterocycles. The maximum absolute atomic E-state index is 13.6. The zero-order valence-electron chi connectivity index (χ0n) is 17.5. The number of likely N-dealkylation sites (N-methyl/N-ethyl adjacent to an activating group) is 1. The molecule has 0 saturated carbocycles. The Morgan fingerprint density at radius 2 is 1.69 bits per heavy atom. The zero-order valence-corrected chi connectivity index (χ0v) is 19.0. The Balaban J connectivity index is 1.57. The second-order valence-electron chi connectivity index (χ2n) is 7.71. The summed E-state index contributed by atoms with van der Waals surface area (Å²) < 4.78 is 0.642. The van der Waals surface area contributed by atoms with Gasteiger partial charge in [-0.25, -0.2) is 4.79 Å². The van der Waals surface area contributed by atoms with Crippen molar-refractivity contribution in [3.05, 3.63) is 93.1 Å². The lowest BCUT2D eigenvalue weighted by atomic mass is 9.83. The molecule has 0 bridgehead atoms. The molecule has 1 fully saturated rings. The van der Waals surface area contributed by atoms with Gasteiger partial charge < -0.3 is 10.2 Å². The van der Waals surface area contributed by atoms with Crippen LogP contribution in [-0.2, 0) is 28.1 Å². The van der Waals surface area contributed by atoms with Crippen LogP contribution in [0.1, 0.15) is 16.0 Å². The van der Waals surface area contributed by atoms with Gasteiger partial charge in [0.2, 0.25) is 5.91 Å². The van der Waals surface area contributed by atoms with Crippen LogP contribution >= 0.6 is 22.9 Å². The summed E-state index contributed by atoms with van der Waals surface area (Å²) in [7, 11) is 1.64. The summed E-state index contributed by atoms with van der Waals surface area (Å²) in [5.74, 6) is -0.764. The van der Waals surface area contributed by atoms with Crippen molar-refractivity contribution in [2.45, 2.75) is 18.5 Å². The SMILES string of the molecule is CN(Cc1ccc(Cl)s1)C(=O)CN1C(=O)N[C@@](Cc2ccccc2)(c2ccccc2)C1=O. The number of imide groups is 1. The second-order valence-corrected chi connectivity index (χ2v) is 9.51. The van der Waals surface area contributed by atoms with Crippen molar-refractivity contribution in [2.75, 3.05) is 13.6 Å². The third-order valence-electron chi connectivity index (χ3n) is 5.50. The highest BCUT2D eigenvalue weighted by Crippen LogP contribution is 2.33. The molecular weight excluding hydrogens is 446 g/mol. The van der Waals surface area contributed by atoms with Crippen molar-refractivity contribution in [3.63, 3.8) is 0 Å². The first kappa shape index (κ1) is 22.0. The van der Waals surface area contributed by atoms with Crippen LogP contribution in [0.3, 0.4) is 0 Å². The fraction of sp³-hybridized carbons (Fsp3) is 0.208. The lowest BCUT2D eigenvalue weighted by molar-refractivity contribution is -0.138. The molecule has 4 rings (SSSR count). The quantitative estimate of drug-likeness (QED) is 0.533. The van der Waals surface area contributed by atoms with Crippen LogP contribution in [-0.4, -0.2) is 41.2 Å². The number of hydrogen-bond donors (Lipinski definition) is 1. The molecule has 2 heterocycles. The molecule has 2 aromatic carbocycles. The number of benzene rings is 2. The highest BCUT2D eigenvalue weighted by atomic mass is 35.5. The fourth-order valence-corrected chi connectivity index (χ4v) is 4.97. The van der Waals surface area contributed by atoms with Crippen LogP contribution in [0.4, 0.5) is 4.79 Å². The molecular formula is C24H22ClN3O3S. The third kappa shape index (κ3) is 4.40. The molecule has 0 spiro atoms. The van der Waals surface area contributed by atoms with Crippen LogP contribution in [0.5, 0.6) is 0 Å². The van der Waals surface area contributed by atoms with Crippen molar-refractivity contribution < 1.29 is 14.4 Å². The second kappa shape index (κ2) is 9.14. The van der Waals surface area contributed by atoms with Gasteiger partial charge in [0.05, 0.1) is 10.9 Å². The van der Waals surface area contributed by atoms with E-state index in [1.807, 2.05) is 66.7 Å². The first-order valence-electron chi connectivity index (χ1n) is 10.1. The third-order valence-corrected chi connectivity index (χ3v) is 6.71. The van der Waals surface area contributed by atoms with E-state index in [0.717, 1.165) is 15.3 Å². The average Bonchev–Trinajstić information content (AvgIpc) is 3.31. The first-order chi connectivity index (χ1) is 15.4. The Morgan fingerprint density at radius 1 is 1.03 bits per heavy atom. The Labute approximate surface area is 195 Å². The summed E-state index contributed by atoms with van der Waals surface area (Å²) in [5.41, 5.74) is 0.323. The minimum absolute atomic E-state index is 0.288. The van der Waals surface area contributed by atoms with Crippen LogP contribution < -0.4 is 5.32 Å². The summed E-state index contributed by atoms with van der Waals surface area (Å²) in [4.78, 5) is 42.8. The van der Waals surface area contributed by atoms with Gasteiger partial charge in [-0.1, -0.05) is 72.3 Å². The van der Waals surface area contributed by atoms with Crippen LogP contribution in [0.15, 0.2) is 72.8 Å². The van der Waals surface area contributed by atoms with Gasteiger partial charge >= 0.3 is 6.03 Å². The summed E-state index contributed by atoms with van der Waals surface area (Å²) in [6.07, 6.45) is 0.288. The Kier molecular flexibility index (Phi) is 6.30. The summed E-state index contributed by atoms with van der Waals surface area (Å²) >= 11 is 7.35. The number of thiophene rings is 1. The number of rotatable bonds is 7. The van der Waals surface area contributed by atoms with Crippen molar-refractivity contribution in [1.82, 2.24) is 15.1 Å². The normalized spacial score (nSPS) is 18.0. The molecule has 32 heavy (non-hydrogen) atoms. The number of nitrogens with one attached hydrogen (secondary N) is 1. The van der Waals surface area contributed by atoms with E-state index in [0.29, 0.717) is 16.4 Å². The Bertz CT molecular complexity index is 1140. The van der Waals surface area contributed by atoms with Crippen molar-refractivity contribution >= 4 is 40.8 Å². The van der Waals surface area contributed by atoms with Crippen molar-refractivity contribution in [2.24, 2.45) is 0 Å². The molecule has 8 heteroatoms. The highest BCUT2D eigenvalue weighted by molar-refractivity contribution is 7.16. The zero-order chi connectivity index (χ0) is 22.7. The van der Waals surface area contributed by atoms with Crippen molar-refractivity contribution in [3.8, 4) is 0 Å². The van der Waals surface area contributed by atoms with E-state index in [1.165, 1.54) is 16.2 Å². The summed E-state index contributed by atoms with van der Waals surface area (Å²) in [6, 6.07) is 21.7. The van der Waals surface area contributed by atoms with E-state index in [9.17, 15) is 14.4 Å². The summed E-state index contributed by atoms with van der Waals surface area (Å²) in [5, 5.41) is 2.88. The molecule has 0 aliphatic carbocycles. The minimum Gasteiger partial charge on any atom is -0.339 e. The number of hydrogen-bond acceptors (Lipinski definition) is 4. The van der Waals surface area contributed by atoms with E-state index in [2.05, 4.69) is 5.32 Å². The van der Waals surface area contributed by atoms with Gasteiger partial charge in [-0.2, -0.15) is 0 Å². The molecule has 3 aromatic rings. The molecule has 6 nitrogen and oxygen atoms in total. The van der Waals surface area contributed by atoms with Crippen molar-refractivity contribution in [1.29, 1.82) is 0 Å². The van der Waals surface area contributed by atoms with Gasteiger partial charge in [0.1, 0.15) is 6.54 Å². The number of carbonyl (C=O) groups is 3. The molecule has 1 aliphatic rings. The van der Waals surface area contributed by atoms with E-state index < -0.39 is 17.5 Å². The maximum atomic E-state index is 13.6. The number of amides is 4. The van der Waals surface area contributed by atoms with E-state index in [1.54, 1.807) is 13.1 Å². The van der Waals surface area contributed by atoms with Gasteiger partial charge in [0.25, 0.3) is 5.91 Å². The molecule has 1 saturated heterocycles. The van der Waals surface area contributed by atoms with Gasteiger partial charge in [-0.15, -0.1) is 11.3 Å². The summed E-state index contributed by atoms with van der Waals surface area (Å²) in [6.45, 7) is 0.0252. The maximum Gasteiger partial charge on any atom is 0.325 e. The molecule has 0 radical (unpaired) electrons. The number of halogens is 1. The Morgan fingerprint density at radius 3 is 2.31 bits per heavy atom. The van der Waals surface area contributed by atoms with Crippen LogP contribution in [0.2, 0.25) is 4.34 Å². The fourth-order valence-electron chi connectivity index (χ4n) is 3.83. The van der Waals surface area contributed by atoms with Crippen LogP contribution in [0, 0.1) is 0 Å². The lowest BCUT2D eigenvalue weighted by Gasteiger charge is -2.28. The van der Waals surface area contributed by atoms with Gasteiger partial charge in [-0.05, 0) is 23.3 Å². The number of urea groups is 1. The largest absolute Gasteiger partial charge is 0.339 e. The number of nitrogens with zero attached hydrogens (tertiary/aromatic N) is 2. The monoisotopic (exact) mass is 467 g/mol. The van der Waals surface area contributed by atoms with E-state index >= 15 is 0 Å². The first-order valence-corrected chi connectivity index (χ1v) is 11.3. The van der Waals surface area contributed by atoms with Gasteiger partial charge in [0, 0.05) is 18.3 Å². The minimum atomic E-state index is -1.26. The van der Waals surface area contributed by atoms with Gasteiger partial charge in [0.15, 0.2) is 5.54 Å². The Hall–Kier alpha value is -3.16. The highest BCUT2D eigenvalue weighted by Gasteiger charge is 2.52. The standard InChI is InChI=1S/C24H22ClN3O3S/c1-27(15-19-12-13-20(25)32-19)21(29)16-28-22(30)24(26-23(28)31,18-10-6-3-7-11-18)14-17-8-4-2-5-9-17/h2-13H,14-16H2,1H3,(H,26,31)/t24-/m0/s1. The predicted molar refractivity (Wildman–Crippen MR) is 124 cm³/mol. The molecule has 4 amide bonds. The molecule has 1 N–H and O–H groups in total. The average molecular weight is 468 g/mol.